The SMILES string of the molecule is CCc1c(C(F)(F)F)ccc(SC(F)(F)F)c1C(F)(F)F. The minimum Gasteiger partial charge on any atom is -0.166 e. The Kier molecular flexibility index (Phi) is 4.81. The summed E-state index contributed by atoms with van der Waals surface area (Å²) >= 11 is -1.08. The van der Waals surface area contributed by atoms with Gasteiger partial charge in [0.2, 0.25) is 0 Å². The summed E-state index contributed by atoms with van der Waals surface area (Å²) in [6.07, 6.45) is -11.1. The predicted molar refractivity (Wildman–Crippen MR) is 57.7 cm³/mol. The molecule has 120 valence electrons. The number of halogens is 9. The van der Waals surface area contributed by atoms with E-state index in [0.29, 0.717) is 0 Å². The van der Waals surface area contributed by atoms with Crippen molar-refractivity contribution >= 4 is 11.8 Å². The summed E-state index contributed by atoms with van der Waals surface area (Å²) in [6, 6.07) is 0.436. The average Bonchev–Trinajstić information content (AvgIpc) is 2.22. The first-order chi connectivity index (χ1) is 9.27. The predicted octanol–water partition coefficient (Wildman–Crippen LogP) is 5.90. The van der Waals surface area contributed by atoms with Crippen molar-refractivity contribution in [3.63, 3.8) is 0 Å². The van der Waals surface area contributed by atoms with Crippen molar-refractivity contribution in [1.82, 2.24) is 0 Å². The van der Waals surface area contributed by atoms with E-state index in [2.05, 4.69) is 0 Å². The molecule has 1 aromatic rings. The maximum Gasteiger partial charge on any atom is 0.446 e. The van der Waals surface area contributed by atoms with E-state index < -0.39 is 57.6 Å². The molecule has 1 aromatic carbocycles. The molecule has 0 saturated heterocycles. The highest BCUT2D eigenvalue weighted by atomic mass is 32.2. The number of rotatable bonds is 2. The number of alkyl halides is 9. The molecule has 0 bridgehead atoms. The summed E-state index contributed by atoms with van der Waals surface area (Å²) in [5, 5.41) is 0. The van der Waals surface area contributed by atoms with Crippen LogP contribution in [0.4, 0.5) is 39.5 Å². The van der Waals surface area contributed by atoms with Gasteiger partial charge in [0.25, 0.3) is 0 Å². The third kappa shape index (κ3) is 4.45. The summed E-state index contributed by atoms with van der Waals surface area (Å²) in [5.74, 6) is 0. The van der Waals surface area contributed by atoms with Gasteiger partial charge in [-0.1, -0.05) is 6.92 Å². The first-order valence-corrected chi connectivity index (χ1v) is 6.15. The summed E-state index contributed by atoms with van der Waals surface area (Å²) in [4.78, 5) is -1.29. The highest BCUT2D eigenvalue weighted by molar-refractivity contribution is 8.00. The molecular weight excluding hydrogens is 335 g/mol. The van der Waals surface area contributed by atoms with E-state index in [1.807, 2.05) is 0 Å². The smallest absolute Gasteiger partial charge is 0.166 e. The largest absolute Gasteiger partial charge is 0.446 e. The Balaban J connectivity index is 3.63. The molecule has 0 radical (unpaired) electrons. The topological polar surface area (TPSA) is 0 Å². The number of benzene rings is 1. The van der Waals surface area contributed by atoms with Gasteiger partial charge in [0.1, 0.15) is 0 Å². The molecule has 21 heavy (non-hydrogen) atoms. The Labute approximate surface area is 117 Å². The minimum absolute atomic E-state index is 0.197. The third-order valence-corrected chi connectivity index (χ3v) is 3.23. The maximum absolute atomic E-state index is 12.9. The Morgan fingerprint density at radius 1 is 0.857 bits per heavy atom. The van der Waals surface area contributed by atoms with Crippen molar-refractivity contribution in [2.45, 2.75) is 36.1 Å². The van der Waals surface area contributed by atoms with Crippen molar-refractivity contribution in [2.75, 3.05) is 0 Å². The van der Waals surface area contributed by atoms with E-state index in [9.17, 15) is 39.5 Å². The van der Waals surface area contributed by atoms with Crippen molar-refractivity contribution in [3.05, 3.63) is 28.8 Å². The molecule has 0 aliphatic carbocycles. The van der Waals surface area contributed by atoms with E-state index >= 15 is 0 Å². The van der Waals surface area contributed by atoms with Gasteiger partial charge < -0.3 is 0 Å². The van der Waals surface area contributed by atoms with Crippen LogP contribution in [0.5, 0.6) is 0 Å². The monoisotopic (exact) mass is 342 g/mol. The molecule has 0 atom stereocenters. The first-order valence-electron chi connectivity index (χ1n) is 5.33. The number of thioether (sulfide) groups is 1. The van der Waals surface area contributed by atoms with Crippen LogP contribution in [0.3, 0.4) is 0 Å². The van der Waals surface area contributed by atoms with E-state index in [1.54, 1.807) is 0 Å². The van der Waals surface area contributed by atoms with Gasteiger partial charge in [0, 0.05) is 4.90 Å². The normalized spacial score (nSPS) is 13.6. The second-order valence-corrected chi connectivity index (χ2v) is 4.97. The van der Waals surface area contributed by atoms with Crippen LogP contribution in [0.25, 0.3) is 0 Å². The lowest BCUT2D eigenvalue weighted by Gasteiger charge is -2.21. The van der Waals surface area contributed by atoms with Crippen LogP contribution >= 0.6 is 11.8 Å². The van der Waals surface area contributed by atoms with Gasteiger partial charge in [-0.3, -0.25) is 0 Å². The lowest BCUT2D eigenvalue weighted by Crippen LogP contribution is -2.18. The molecule has 0 heterocycles. The Morgan fingerprint density at radius 3 is 1.71 bits per heavy atom. The molecule has 10 heteroatoms. The van der Waals surface area contributed by atoms with Crippen LogP contribution in [-0.2, 0) is 18.8 Å². The summed E-state index contributed by atoms with van der Waals surface area (Å²) < 4.78 is 113. The fourth-order valence-corrected chi connectivity index (χ4v) is 2.51. The molecule has 0 nitrogen and oxygen atoms in total. The molecule has 0 fully saturated rings. The van der Waals surface area contributed by atoms with Crippen molar-refractivity contribution < 1.29 is 39.5 Å². The van der Waals surface area contributed by atoms with Crippen LogP contribution in [0.1, 0.15) is 23.6 Å². The Bertz CT molecular complexity index is 510. The standard InChI is InChI=1S/C11H7F9S/c1-2-5-6(9(12,13)14)3-4-7(21-11(18,19)20)8(5)10(15,16)17/h3-4H,2H2,1H3. The van der Waals surface area contributed by atoms with Gasteiger partial charge in [-0.05, 0) is 35.9 Å². The fourth-order valence-electron chi connectivity index (χ4n) is 1.78. The van der Waals surface area contributed by atoms with Gasteiger partial charge in [0.15, 0.2) is 0 Å². The highest BCUT2D eigenvalue weighted by Crippen LogP contribution is 2.47. The molecule has 0 aromatic heterocycles. The van der Waals surface area contributed by atoms with Crippen LogP contribution in [-0.4, -0.2) is 5.51 Å². The zero-order valence-electron chi connectivity index (χ0n) is 10.2. The lowest BCUT2D eigenvalue weighted by atomic mass is 9.98. The average molecular weight is 342 g/mol. The van der Waals surface area contributed by atoms with Gasteiger partial charge in [-0.2, -0.15) is 39.5 Å². The molecule has 0 aliphatic rings. The van der Waals surface area contributed by atoms with Crippen molar-refractivity contribution in [3.8, 4) is 0 Å². The summed E-state index contributed by atoms with van der Waals surface area (Å²) in [7, 11) is 0. The van der Waals surface area contributed by atoms with Crippen LogP contribution in [0.15, 0.2) is 17.0 Å². The van der Waals surface area contributed by atoms with Gasteiger partial charge in [-0.15, -0.1) is 0 Å². The molecule has 0 unspecified atom stereocenters. The van der Waals surface area contributed by atoms with E-state index in [0.717, 1.165) is 6.92 Å². The van der Waals surface area contributed by atoms with Crippen molar-refractivity contribution in [1.29, 1.82) is 0 Å². The van der Waals surface area contributed by atoms with Crippen molar-refractivity contribution in [2.24, 2.45) is 0 Å². The third-order valence-electron chi connectivity index (χ3n) is 2.44. The number of hydrogen-bond donors (Lipinski definition) is 0. The second kappa shape index (κ2) is 5.62. The fraction of sp³-hybridized carbons (Fsp3) is 0.455. The summed E-state index contributed by atoms with van der Waals surface area (Å²) in [6.45, 7) is 1.02. The molecule has 0 N–H and O–H groups in total. The zero-order valence-corrected chi connectivity index (χ0v) is 11.0. The van der Waals surface area contributed by atoms with E-state index in [4.69, 9.17) is 0 Å². The van der Waals surface area contributed by atoms with Gasteiger partial charge >= 0.3 is 17.9 Å². The molecular formula is C11H7F9S. The van der Waals surface area contributed by atoms with Crippen LogP contribution < -0.4 is 0 Å². The van der Waals surface area contributed by atoms with Crippen LogP contribution in [0.2, 0.25) is 0 Å². The lowest BCUT2D eigenvalue weighted by molar-refractivity contribution is -0.145. The molecule has 1 rings (SSSR count). The second-order valence-electron chi connectivity index (χ2n) is 3.86. The van der Waals surface area contributed by atoms with Gasteiger partial charge in [0.05, 0.1) is 11.1 Å². The molecule has 0 spiro atoms. The molecule has 0 amide bonds. The molecule has 0 aliphatic heterocycles. The first kappa shape index (κ1) is 18.0. The van der Waals surface area contributed by atoms with Gasteiger partial charge in [-0.25, -0.2) is 0 Å². The Morgan fingerprint density at radius 2 is 1.38 bits per heavy atom. The minimum atomic E-state index is -5.32. The molecule has 0 saturated carbocycles. The summed E-state index contributed by atoms with van der Waals surface area (Å²) in [5.41, 5.74) is -9.69. The van der Waals surface area contributed by atoms with Crippen LogP contribution in [0, 0.1) is 0 Å². The maximum atomic E-state index is 12.9. The highest BCUT2D eigenvalue weighted by Gasteiger charge is 2.44. The Hall–Kier alpha value is -1.06. The van der Waals surface area contributed by atoms with E-state index in [1.165, 1.54) is 0 Å². The number of hydrogen-bond acceptors (Lipinski definition) is 1. The van der Waals surface area contributed by atoms with E-state index in [-0.39, 0.29) is 12.1 Å². The zero-order chi connectivity index (χ0) is 16.6. The quantitative estimate of drug-likeness (QED) is 0.476.